The Hall–Kier alpha value is -2.26. The molecule has 10 heteroatoms. The molecule has 0 aliphatic carbocycles. The van der Waals surface area contributed by atoms with Gasteiger partial charge in [0.15, 0.2) is 12.3 Å². The summed E-state index contributed by atoms with van der Waals surface area (Å²) in [6.45, 7) is -0.118. The van der Waals surface area contributed by atoms with Crippen LogP contribution >= 0.6 is 12.4 Å². The lowest BCUT2D eigenvalue weighted by Crippen LogP contribution is -2.25. The van der Waals surface area contributed by atoms with E-state index >= 15 is 0 Å². The molecule has 0 unspecified atom stereocenters. The van der Waals surface area contributed by atoms with Gasteiger partial charge >= 0.3 is 6.18 Å². The van der Waals surface area contributed by atoms with E-state index in [1.165, 1.54) is 18.2 Å². The zero-order chi connectivity index (χ0) is 17.2. The number of rotatable bonds is 4. The molecule has 0 saturated carbocycles. The topological polar surface area (TPSA) is 79.0 Å². The van der Waals surface area contributed by atoms with E-state index in [9.17, 15) is 18.0 Å². The molecular weight excluding hydrogens is 361 g/mol. The number of ether oxygens (including phenoxy) is 1. The maximum absolute atomic E-state index is 12.4. The highest BCUT2D eigenvalue weighted by atomic mass is 35.5. The maximum Gasteiger partial charge on any atom is 0.422 e. The number of alkyl halides is 3. The van der Waals surface area contributed by atoms with E-state index in [1.54, 1.807) is 6.07 Å². The lowest BCUT2D eigenvalue weighted by atomic mass is 10.1. The van der Waals surface area contributed by atoms with Crippen LogP contribution in [0, 0.1) is 0 Å². The Kier molecular flexibility index (Phi) is 5.91. The van der Waals surface area contributed by atoms with E-state index in [0.717, 1.165) is 24.2 Å². The van der Waals surface area contributed by atoms with Gasteiger partial charge in [0.05, 0.1) is 5.69 Å². The Morgan fingerprint density at radius 3 is 2.84 bits per heavy atom. The summed E-state index contributed by atoms with van der Waals surface area (Å²) >= 11 is 0. The first kappa shape index (κ1) is 19.1. The molecule has 1 amide bonds. The van der Waals surface area contributed by atoms with Gasteiger partial charge in [-0.15, -0.1) is 12.4 Å². The molecule has 3 N–H and O–H groups in total. The van der Waals surface area contributed by atoms with Crippen molar-refractivity contribution in [2.45, 2.75) is 19.1 Å². The second-order valence-electron chi connectivity index (χ2n) is 5.31. The Balaban J connectivity index is 0.00000225. The number of H-pyrrole nitrogens is 1. The van der Waals surface area contributed by atoms with Gasteiger partial charge in [-0.1, -0.05) is 12.1 Å². The van der Waals surface area contributed by atoms with Crippen LogP contribution in [0.4, 0.5) is 18.9 Å². The summed E-state index contributed by atoms with van der Waals surface area (Å²) in [6, 6.07) is 5.96. The van der Waals surface area contributed by atoms with Crippen LogP contribution in [-0.4, -0.2) is 35.4 Å². The SMILES string of the molecule is Cl.O=C(Nc1ccccc1OCC(F)(F)F)c1n[nH]c2c1CNCC2. The van der Waals surface area contributed by atoms with Gasteiger partial charge in [-0.25, -0.2) is 0 Å². The predicted molar refractivity (Wildman–Crippen MR) is 87.2 cm³/mol. The van der Waals surface area contributed by atoms with Crippen LogP contribution in [-0.2, 0) is 13.0 Å². The molecule has 0 bridgehead atoms. The average Bonchev–Trinajstić information content (AvgIpc) is 2.97. The molecule has 1 aliphatic rings. The number of anilines is 1. The van der Waals surface area contributed by atoms with Crippen LogP contribution < -0.4 is 15.4 Å². The van der Waals surface area contributed by atoms with Gasteiger partial charge in [0, 0.05) is 30.8 Å². The Labute approximate surface area is 147 Å². The molecule has 0 saturated heterocycles. The van der Waals surface area contributed by atoms with Gasteiger partial charge in [-0.3, -0.25) is 9.89 Å². The van der Waals surface area contributed by atoms with E-state index < -0.39 is 18.7 Å². The van der Waals surface area contributed by atoms with Crippen LogP contribution in [0.2, 0.25) is 0 Å². The van der Waals surface area contributed by atoms with Crippen molar-refractivity contribution in [1.29, 1.82) is 0 Å². The fraction of sp³-hybridized carbons (Fsp3) is 0.333. The fourth-order valence-electron chi connectivity index (χ4n) is 2.45. The number of aromatic nitrogens is 2. The molecule has 1 aromatic heterocycles. The number of hydrogen-bond acceptors (Lipinski definition) is 4. The van der Waals surface area contributed by atoms with Crippen molar-refractivity contribution in [2.24, 2.45) is 0 Å². The third-order valence-electron chi connectivity index (χ3n) is 3.55. The van der Waals surface area contributed by atoms with Crippen LogP contribution in [0.15, 0.2) is 24.3 Å². The minimum Gasteiger partial charge on any atom is -0.482 e. The quantitative estimate of drug-likeness (QED) is 0.766. The largest absolute Gasteiger partial charge is 0.482 e. The number of hydrogen-bond donors (Lipinski definition) is 3. The summed E-state index contributed by atoms with van der Waals surface area (Å²) in [7, 11) is 0. The molecule has 2 heterocycles. The second-order valence-corrected chi connectivity index (χ2v) is 5.31. The van der Waals surface area contributed by atoms with Gasteiger partial charge in [0.1, 0.15) is 5.75 Å². The van der Waals surface area contributed by atoms with Gasteiger partial charge in [-0.2, -0.15) is 18.3 Å². The number of fused-ring (bicyclic) bond motifs is 1. The Bertz CT molecular complexity index is 749. The third-order valence-corrected chi connectivity index (χ3v) is 3.55. The standard InChI is InChI=1S/C15H15F3N4O2.ClH/c16-15(17,18)8-24-12-4-2-1-3-11(12)20-14(23)13-9-7-19-6-5-10(9)21-22-13;/h1-4,19H,5-8H2,(H,20,23)(H,21,22);1H. The van der Waals surface area contributed by atoms with Crippen molar-refractivity contribution in [3.8, 4) is 5.75 Å². The molecule has 3 rings (SSSR count). The number of carbonyl (C=O) groups is 1. The summed E-state index contributed by atoms with van der Waals surface area (Å²) in [5, 5.41) is 12.5. The molecule has 0 radical (unpaired) electrons. The highest BCUT2D eigenvalue weighted by Crippen LogP contribution is 2.27. The van der Waals surface area contributed by atoms with Crippen LogP contribution in [0.25, 0.3) is 0 Å². The highest BCUT2D eigenvalue weighted by Gasteiger charge is 2.29. The average molecular weight is 377 g/mol. The Morgan fingerprint density at radius 2 is 2.08 bits per heavy atom. The molecule has 2 aromatic rings. The second kappa shape index (κ2) is 7.75. The number of nitrogens with one attached hydrogen (secondary N) is 3. The molecule has 25 heavy (non-hydrogen) atoms. The molecule has 136 valence electrons. The van der Waals surface area contributed by atoms with Crippen molar-refractivity contribution in [2.75, 3.05) is 18.5 Å². The number of aromatic amines is 1. The van der Waals surface area contributed by atoms with E-state index in [4.69, 9.17) is 4.74 Å². The van der Waals surface area contributed by atoms with Crippen molar-refractivity contribution >= 4 is 24.0 Å². The van der Waals surface area contributed by atoms with Crippen LogP contribution in [0.1, 0.15) is 21.7 Å². The third kappa shape index (κ3) is 4.64. The van der Waals surface area contributed by atoms with Crippen LogP contribution in [0.3, 0.4) is 0 Å². The summed E-state index contributed by atoms with van der Waals surface area (Å²) in [5.41, 5.74) is 2.04. The first-order valence-electron chi connectivity index (χ1n) is 7.31. The summed E-state index contributed by atoms with van der Waals surface area (Å²) in [6.07, 6.45) is -3.72. The van der Waals surface area contributed by atoms with Gasteiger partial charge in [0.2, 0.25) is 0 Å². The smallest absolute Gasteiger partial charge is 0.422 e. The lowest BCUT2D eigenvalue weighted by molar-refractivity contribution is -0.153. The molecule has 0 atom stereocenters. The molecule has 1 aliphatic heterocycles. The van der Waals surface area contributed by atoms with Gasteiger partial charge in [-0.05, 0) is 12.1 Å². The first-order chi connectivity index (χ1) is 11.4. The first-order valence-corrected chi connectivity index (χ1v) is 7.31. The van der Waals surface area contributed by atoms with Crippen LogP contribution in [0.5, 0.6) is 5.75 Å². The van der Waals surface area contributed by atoms with Crippen molar-refractivity contribution in [3.05, 3.63) is 41.2 Å². The predicted octanol–water partition coefficient (Wildman–Crippen LogP) is 2.67. The number of halogens is 4. The van der Waals surface area contributed by atoms with E-state index in [0.29, 0.717) is 6.54 Å². The van der Waals surface area contributed by atoms with Gasteiger partial charge < -0.3 is 15.4 Å². The minimum atomic E-state index is -4.45. The summed E-state index contributed by atoms with van der Waals surface area (Å²) < 4.78 is 41.7. The lowest BCUT2D eigenvalue weighted by Gasteiger charge is -2.15. The number of carbonyl (C=O) groups excluding carboxylic acids is 1. The summed E-state index contributed by atoms with van der Waals surface area (Å²) in [5.74, 6) is -0.551. The van der Waals surface area contributed by atoms with E-state index in [1.807, 2.05) is 0 Å². The van der Waals surface area contributed by atoms with Gasteiger partial charge in [0.25, 0.3) is 5.91 Å². The molecule has 0 spiro atoms. The van der Waals surface area contributed by atoms with Crippen molar-refractivity contribution < 1.29 is 22.7 Å². The summed E-state index contributed by atoms with van der Waals surface area (Å²) in [4.78, 5) is 12.4. The fourth-order valence-corrected chi connectivity index (χ4v) is 2.45. The monoisotopic (exact) mass is 376 g/mol. The maximum atomic E-state index is 12.4. The van der Waals surface area contributed by atoms with E-state index in [2.05, 4.69) is 20.8 Å². The van der Waals surface area contributed by atoms with Crippen molar-refractivity contribution in [1.82, 2.24) is 15.5 Å². The number of amides is 1. The zero-order valence-electron chi connectivity index (χ0n) is 12.9. The molecular formula is C15H16ClF3N4O2. The normalized spacial score (nSPS) is 13.6. The van der Waals surface area contributed by atoms with Crippen molar-refractivity contribution in [3.63, 3.8) is 0 Å². The molecule has 1 aromatic carbocycles. The number of benzene rings is 1. The number of para-hydroxylation sites is 2. The Morgan fingerprint density at radius 1 is 1.32 bits per heavy atom. The number of nitrogens with zero attached hydrogens (tertiary/aromatic N) is 1. The molecule has 6 nitrogen and oxygen atoms in total. The van der Waals surface area contributed by atoms with E-state index in [-0.39, 0.29) is 29.5 Å². The highest BCUT2D eigenvalue weighted by molar-refractivity contribution is 6.04. The zero-order valence-corrected chi connectivity index (χ0v) is 13.8. The minimum absolute atomic E-state index is 0. The molecule has 0 fully saturated rings.